The fourth-order valence-electron chi connectivity index (χ4n) is 2.05. The van der Waals surface area contributed by atoms with Gasteiger partial charge in [0.2, 0.25) is 0 Å². The fourth-order valence-corrected chi connectivity index (χ4v) is 2.05. The molecule has 1 N–H and O–H groups in total. The molecule has 2 rings (SSSR count). The molecule has 2 aromatic rings. The minimum atomic E-state index is -0.882. The van der Waals surface area contributed by atoms with Crippen LogP contribution < -0.4 is 10.1 Å². The number of anilines is 1. The molecule has 0 aromatic heterocycles. The van der Waals surface area contributed by atoms with Gasteiger partial charge in [-0.1, -0.05) is 12.1 Å². The second-order valence-corrected chi connectivity index (χ2v) is 4.54. The first-order chi connectivity index (χ1) is 10.1. The third-order valence-corrected chi connectivity index (χ3v) is 3.15. The summed E-state index contributed by atoms with van der Waals surface area (Å²) in [4.78, 5) is 0. The maximum absolute atomic E-state index is 13.8. The normalized spacial score (nSPS) is 11.6. The molecular weight excluding hydrogens is 274 g/mol. The smallest absolute Gasteiger partial charge is 0.164 e. The number of nitrogens with one attached hydrogen (secondary N) is 1. The minimum absolute atomic E-state index is 0.224. The molecule has 0 aliphatic rings. The number of rotatable bonds is 4. The Morgan fingerprint density at radius 2 is 2.00 bits per heavy atom. The van der Waals surface area contributed by atoms with Crippen molar-refractivity contribution in [3.8, 4) is 11.8 Å². The molecule has 0 aliphatic carbocycles. The van der Waals surface area contributed by atoms with Crippen LogP contribution in [-0.2, 0) is 0 Å². The highest BCUT2D eigenvalue weighted by molar-refractivity contribution is 5.60. The number of benzene rings is 2. The maximum Gasteiger partial charge on any atom is 0.164 e. The highest BCUT2D eigenvalue weighted by atomic mass is 19.2. The zero-order valence-corrected chi connectivity index (χ0v) is 11.7. The number of hydrogen-bond acceptors (Lipinski definition) is 3. The first-order valence-electron chi connectivity index (χ1n) is 6.35. The van der Waals surface area contributed by atoms with E-state index in [2.05, 4.69) is 5.32 Å². The van der Waals surface area contributed by atoms with E-state index in [1.54, 1.807) is 25.1 Å². The lowest BCUT2D eigenvalue weighted by molar-refractivity contribution is 0.416. The molecule has 0 radical (unpaired) electrons. The summed E-state index contributed by atoms with van der Waals surface area (Å²) in [6.07, 6.45) is 0. The average molecular weight is 288 g/mol. The van der Waals surface area contributed by atoms with Gasteiger partial charge in [0, 0.05) is 11.6 Å². The van der Waals surface area contributed by atoms with E-state index in [1.807, 2.05) is 6.07 Å². The molecule has 0 fully saturated rings. The zero-order chi connectivity index (χ0) is 15.4. The molecule has 3 nitrogen and oxygen atoms in total. The van der Waals surface area contributed by atoms with Crippen molar-refractivity contribution in [2.45, 2.75) is 13.0 Å². The van der Waals surface area contributed by atoms with Crippen LogP contribution >= 0.6 is 0 Å². The Morgan fingerprint density at radius 3 is 2.67 bits per heavy atom. The minimum Gasteiger partial charge on any atom is -0.495 e. The zero-order valence-electron chi connectivity index (χ0n) is 11.7. The molecular formula is C16H14F2N2O. The van der Waals surface area contributed by atoms with Gasteiger partial charge < -0.3 is 10.1 Å². The lowest BCUT2D eigenvalue weighted by atomic mass is 10.1. The Kier molecular flexibility index (Phi) is 4.39. The van der Waals surface area contributed by atoms with Crippen molar-refractivity contribution in [3.05, 3.63) is 59.2 Å². The van der Waals surface area contributed by atoms with Gasteiger partial charge in [0.05, 0.1) is 30.5 Å². The first-order valence-corrected chi connectivity index (χ1v) is 6.35. The number of halogens is 2. The average Bonchev–Trinajstić information content (AvgIpc) is 2.50. The summed E-state index contributed by atoms with van der Waals surface area (Å²) in [6, 6.07) is 10.5. The van der Waals surface area contributed by atoms with Crippen LogP contribution in [-0.4, -0.2) is 7.11 Å². The Hall–Kier alpha value is -2.61. The quantitative estimate of drug-likeness (QED) is 0.924. The van der Waals surface area contributed by atoms with Gasteiger partial charge in [0.1, 0.15) is 5.75 Å². The van der Waals surface area contributed by atoms with Crippen molar-refractivity contribution in [2.75, 3.05) is 12.4 Å². The summed E-state index contributed by atoms with van der Waals surface area (Å²) < 4.78 is 32.2. The predicted molar refractivity (Wildman–Crippen MR) is 76.1 cm³/mol. The topological polar surface area (TPSA) is 45.0 Å². The Labute approximate surface area is 121 Å². The fraction of sp³-hybridized carbons (Fsp3) is 0.188. The molecule has 1 unspecified atom stereocenters. The second-order valence-electron chi connectivity index (χ2n) is 4.54. The Balaban J connectivity index is 2.29. The van der Waals surface area contributed by atoms with Crippen LogP contribution in [0.4, 0.5) is 14.5 Å². The van der Waals surface area contributed by atoms with Crippen molar-refractivity contribution in [1.29, 1.82) is 5.26 Å². The first kappa shape index (κ1) is 14.8. The molecule has 21 heavy (non-hydrogen) atoms. The van der Waals surface area contributed by atoms with E-state index < -0.39 is 17.7 Å². The van der Waals surface area contributed by atoms with Crippen molar-refractivity contribution < 1.29 is 13.5 Å². The Bertz CT molecular complexity index is 695. The van der Waals surface area contributed by atoms with Gasteiger partial charge in [-0.05, 0) is 25.1 Å². The predicted octanol–water partition coefficient (Wildman–Crippen LogP) is 4.02. The lowest BCUT2D eigenvalue weighted by Crippen LogP contribution is -2.10. The third kappa shape index (κ3) is 3.11. The summed E-state index contributed by atoms with van der Waals surface area (Å²) in [5, 5.41) is 11.9. The molecule has 5 heteroatoms. The summed E-state index contributed by atoms with van der Waals surface area (Å²) in [7, 11) is 1.48. The molecule has 0 saturated heterocycles. The van der Waals surface area contributed by atoms with Gasteiger partial charge in [0.15, 0.2) is 11.6 Å². The van der Waals surface area contributed by atoms with Crippen molar-refractivity contribution in [2.24, 2.45) is 0 Å². The monoisotopic (exact) mass is 288 g/mol. The van der Waals surface area contributed by atoms with E-state index >= 15 is 0 Å². The van der Waals surface area contributed by atoms with Crippen molar-refractivity contribution in [1.82, 2.24) is 0 Å². The van der Waals surface area contributed by atoms with Crippen LogP contribution in [0.5, 0.6) is 5.75 Å². The number of nitrogens with zero attached hydrogens (tertiary/aromatic N) is 1. The third-order valence-electron chi connectivity index (χ3n) is 3.15. The van der Waals surface area contributed by atoms with E-state index in [-0.39, 0.29) is 5.56 Å². The van der Waals surface area contributed by atoms with E-state index in [0.29, 0.717) is 17.0 Å². The molecule has 1 atom stereocenters. The highest BCUT2D eigenvalue weighted by Crippen LogP contribution is 2.30. The lowest BCUT2D eigenvalue weighted by Gasteiger charge is -2.18. The molecule has 0 spiro atoms. The molecule has 0 aliphatic heterocycles. The highest BCUT2D eigenvalue weighted by Gasteiger charge is 2.15. The summed E-state index contributed by atoms with van der Waals surface area (Å²) in [6.45, 7) is 1.72. The largest absolute Gasteiger partial charge is 0.495 e. The molecule has 108 valence electrons. The molecule has 0 amide bonds. The van der Waals surface area contributed by atoms with Gasteiger partial charge in [-0.15, -0.1) is 0 Å². The van der Waals surface area contributed by atoms with Crippen molar-refractivity contribution in [3.63, 3.8) is 0 Å². The number of methoxy groups -OCH3 is 1. The van der Waals surface area contributed by atoms with Gasteiger partial charge >= 0.3 is 0 Å². The standard InChI is InChI=1S/C16H14F2N2O/c1-10(12-4-3-5-13(17)16(12)18)20-14-7-6-11(9-19)8-15(14)21-2/h3-8,10,20H,1-2H3. The van der Waals surface area contributed by atoms with Gasteiger partial charge in [-0.2, -0.15) is 5.26 Å². The SMILES string of the molecule is COc1cc(C#N)ccc1NC(C)c1cccc(F)c1F. The van der Waals surface area contributed by atoms with Crippen LogP contribution in [0, 0.1) is 23.0 Å². The van der Waals surface area contributed by atoms with E-state index in [0.717, 1.165) is 6.07 Å². The van der Waals surface area contributed by atoms with E-state index in [4.69, 9.17) is 10.00 Å². The van der Waals surface area contributed by atoms with E-state index in [9.17, 15) is 8.78 Å². The number of nitriles is 1. The summed E-state index contributed by atoms with van der Waals surface area (Å²) in [5.74, 6) is -1.28. The van der Waals surface area contributed by atoms with Crippen LogP contribution in [0.15, 0.2) is 36.4 Å². The number of ether oxygens (including phenoxy) is 1. The van der Waals surface area contributed by atoms with Crippen LogP contribution in [0.3, 0.4) is 0 Å². The second kappa shape index (κ2) is 6.23. The molecule has 0 saturated carbocycles. The molecule has 0 bridgehead atoms. The Morgan fingerprint density at radius 1 is 1.24 bits per heavy atom. The summed E-state index contributed by atoms with van der Waals surface area (Å²) in [5.41, 5.74) is 1.29. The van der Waals surface area contributed by atoms with Gasteiger partial charge in [-0.3, -0.25) is 0 Å². The van der Waals surface area contributed by atoms with E-state index in [1.165, 1.54) is 19.2 Å². The molecule has 0 heterocycles. The summed E-state index contributed by atoms with van der Waals surface area (Å²) >= 11 is 0. The van der Waals surface area contributed by atoms with Gasteiger partial charge in [0.25, 0.3) is 0 Å². The van der Waals surface area contributed by atoms with Crippen LogP contribution in [0.2, 0.25) is 0 Å². The van der Waals surface area contributed by atoms with Crippen molar-refractivity contribution >= 4 is 5.69 Å². The van der Waals surface area contributed by atoms with Gasteiger partial charge in [-0.25, -0.2) is 8.78 Å². The van der Waals surface area contributed by atoms with Crippen LogP contribution in [0.1, 0.15) is 24.1 Å². The molecule has 2 aromatic carbocycles. The number of hydrogen-bond donors (Lipinski definition) is 1. The maximum atomic E-state index is 13.8. The van der Waals surface area contributed by atoms with Crippen LogP contribution in [0.25, 0.3) is 0 Å².